The van der Waals surface area contributed by atoms with E-state index in [0.717, 1.165) is 0 Å². The average Bonchev–Trinajstić information content (AvgIpc) is 2.11. The van der Waals surface area contributed by atoms with Crippen molar-refractivity contribution in [2.24, 2.45) is 5.73 Å². The molecule has 2 atom stereocenters. The predicted octanol–water partition coefficient (Wildman–Crippen LogP) is -1.99. The molecule has 0 heterocycles. The van der Waals surface area contributed by atoms with Crippen LogP contribution >= 0.6 is 0 Å². The third-order valence-corrected chi connectivity index (χ3v) is 1.51. The lowest BCUT2D eigenvalue weighted by Crippen LogP contribution is -2.36. The summed E-state index contributed by atoms with van der Waals surface area (Å²) in [6, 6.07) is 0. The number of carbonyl (C=O) groups excluding carboxylic acids is 1. The number of carbonyl (C=O) groups is 1. The SMILES string of the molecule is NCCCC(=O)C(O)C(O)CO. The van der Waals surface area contributed by atoms with Crippen molar-refractivity contribution in [3.05, 3.63) is 0 Å². The molecule has 72 valence electrons. The molecule has 0 aromatic rings. The van der Waals surface area contributed by atoms with Crippen LogP contribution in [0.15, 0.2) is 0 Å². The van der Waals surface area contributed by atoms with Crippen LogP contribution in [0.3, 0.4) is 0 Å². The normalized spacial score (nSPS) is 15.7. The molecule has 5 heteroatoms. The zero-order valence-corrected chi connectivity index (χ0v) is 6.81. The largest absolute Gasteiger partial charge is 0.394 e. The Hall–Kier alpha value is -0.490. The van der Waals surface area contributed by atoms with Gasteiger partial charge in [-0.3, -0.25) is 4.79 Å². The summed E-state index contributed by atoms with van der Waals surface area (Å²) >= 11 is 0. The molecule has 2 unspecified atom stereocenters. The van der Waals surface area contributed by atoms with E-state index in [1.54, 1.807) is 0 Å². The van der Waals surface area contributed by atoms with E-state index < -0.39 is 24.6 Å². The Morgan fingerprint density at radius 2 is 2.00 bits per heavy atom. The maximum atomic E-state index is 10.9. The van der Waals surface area contributed by atoms with Crippen LogP contribution < -0.4 is 5.73 Å². The summed E-state index contributed by atoms with van der Waals surface area (Å²) in [4.78, 5) is 10.9. The second kappa shape index (κ2) is 6.07. The first kappa shape index (κ1) is 11.5. The zero-order chi connectivity index (χ0) is 9.56. The Labute approximate surface area is 70.8 Å². The average molecular weight is 177 g/mol. The molecule has 0 aromatic carbocycles. The van der Waals surface area contributed by atoms with Crippen LogP contribution in [0.1, 0.15) is 12.8 Å². The predicted molar refractivity (Wildman–Crippen MR) is 42.4 cm³/mol. The number of aliphatic hydroxyl groups excluding tert-OH is 3. The first-order valence-electron chi connectivity index (χ1n) is 3.83. The van der Waals surface area contributed by atoms with Crippen LogP contribution in [0.25, 0.3) is 0 Å². The fraction of sp³-hybridized carbons (Fsp3) is 0.857. The van der Waals surface area contributed by atoms with Crippen LogP contribution in [0.4, 0.5) is 0 Å². The summed E-state index contributed by atoms with van der Waals surface area (Å²) in [6.45, 7) is -0.247. The quantitative estimate of drug-likeness (QED) is 0.376. The Balaban J connectivity index is 3.75. The van der Waals surface area contributed by atoms with E-state index in [1.807, 2.05) is 0 Å². The van der Waals surface area contributed by atoms with Crippen molar-refractivity contribution >= 4 is 5.78 Å². The molecule has 0 saturated carbocycles. The third kappa shape index (κ3) is 3.77. The Morgan fingerprint density at radius 1 is 1.42 bits per heavy atom. The van der Waals surface area contributed by atoms with E-state index >= 15 is 0 Å². The Bertz CT molecular complexity index is 139. The number of rotatable bonds is 6. The first-order chi connectivity index (χ1) is 5.63. The first-order valence-corrected chi connectivity index (χ1v) is 3.83. The van der Waals surface area contributed by atoms with Gasteiger partial charge in [0.1, 0.15) is 12.2 Å². The molecule has 12 heavy (non-hydrogen) atoms. The minimum atomic E-state index is -1.48. The molecule has 5 N–H and O–H groups in total. The van der Waals surface area contributed by atoms with Gasteiger partial charge in [-0.25, -0.2) is 0 Å². The molecule has 0 amide bonds. The number of Topliss-reactive ketones (excluding diaryl/α,β-unsaturated/α-hetero) is 1. The van der Waals surface area contributed by atoms with Crippen LogP contribution in [-0.4, -0.2) is 46.5 Å². The van der Waals surface area contributed by atoms with E-state index in [1.165, 1.54) is 0 Å². The van der Waals surface area contributed by atoms with Gasteiger partial charge < -0.3 is 21.1 Å². The summed E-state index contributed by atoms with van der Waals surface area (Å²) in [5.74, 6) is -0.484. The van der Waals surface area contributed by atoms with Gasteiger partial charge in [-0.1, -0.05) is 0 Å². The zero-order valence-electron chi connectivity index (χ0n) is 6.81. The van der Waals surface area contributed by atoms with Gasteiger partial charge in [0.15, 0.2) is 5.78 Å². The minimum absolute atomic E-state index is 0.134. The molecule has 0 aliphatic carbocycles. The third-order valence-electron chi connectivity index (χ3n) is 1.51. The molecule has 0 aliphatic heterocycles. The van der Waals surface area contributed by atoms with E-state index in [-0.39, 0.29) is 6.42 Å². The summed E-state index contributed by atoms with van der Waals surface area (Å²) in [5, 5.41) is 26.2. The van der Waals surface area contributed by atoms with Gasteiger partial charge in [-0.2, -0.15) is 0 Å². The van der Waals surface area contributed by atoms with Crippen LogP contribution in [0, 0.1) is 0 Å². The molecule has 0 aromatic heterocycles. The lowest BCUT2D eigenvalue weighted by atomic mass is 10.1. The fourth-order valence-corrected chi connectivity index (χ4v) is 0.739. The van der Waals surface area contributed by atoms with Crippen LogP contribution in [0.2, 0.25) is 0 Å². The van der Waals surface area contributed by atoms with Gasteiger partial charge in [0.25, 0.3) is 0 Å². The highest BCUT2D eigenvalue weighted by Gasteiger charge is 2.22. The van der Waals surface area contributed by atoms with Crippen LogP contribution in [-0.2, 0) is 4.79 Å². The Kier molecular flexibility index (Phi) is 5.83. The van der Waals surface area contributed by atoms with Crippen molar-refractivity contribution in [1.29, 1.82) is 0 Å². The van der Waals surface area contributed by atoms with Crippen molar-refractivity contribution in [2.45, 2.75) is 25.0 Å². The molecular formula is C7H15NO4. The molecule has 5 nitrogen and oxygen atoms in total. The number of aliphatic hydroxyl groups is 3. The highest BCUT2D eigenvalue weighted by atomic mass is 16.4. The van der Waals surface area contributed by atoms with Gasteiger partial charge in [0.05, 0.1) is 6.61 Å². The Morgan fingerprint density at radius 3 is 2.42 bits per heavy atom. The number of hydrogen-bond acceptors (Lipinski definition) is 5. The van der Waals surface area contributed by atoms with Crippen molar-refractivity contribution in [3.63, 3.8) is 0 Å². The molecule has 0 saturated heterocycles. The summed E-state index contributed by atoms with van der Waals surface area (Å²) in [7, 11) is 0. The van der Waals surface area contributed by atoms with E-state index in [0.29, 0.717) is 13.0 Å². The molecule has 0 spiro atoms. The van der Waals surface area contributed by atoms with E-state index in [4.69, 9.17) is 21.1 Å². The second-order valence-electron chi connectivity index (χ2n) is 2.55. The lowest BCUT2D eigenvalue weighted by molar-refractivity contribution is -0.134. The molecule has 0 radical (unpaired) electrons. The van der Waals surface area contributed by atoms with Crippen LogP contribution in [0.5, 0.6) is 0 Å². The highest BCUT2D eigenvalue weighted by molar-refractivity contribution is 5.83. The summed E-state index contributed by atoms with van der Waals surface area (Å²) in [6.07, 6.45) is -2.25. The second-order valence-corrected chi connectivity index (χ2v) is 2.55. The maximum absolute atomic E-state index is 10.9. The van der Waals surface area contributed by atoms with Crippen molar-refractivity contribution in [1.82, 2.24) is 0 Å². The monoisotopic (exact) mass is 177 g/mol. The topological polar surface area (TPSA) is 104 Å². The smallest absolute Gasteiger partial charge is 0.164 e. The molecule has 0 fully saturated rings. The van der Waals surface area contributed by atoms with Gasteiger partial charge in [-0.15, -0.1) is 0 Å². The highest BCUT2D eigenvalue weighted by Crippen LogP contribution is 1.99. The van der Waals surface area contributed by atoms with E-state index in [9.17, 15) is 4.79 Å². The summed E-state index contributed by atoms with van der Waals surface area (Å²) < 4.78 is 0. The van der Waals surface area contributed by atoms with E-state index in [2.05, 4.69) is 0 Å². The van der Waals surface area contributed by atoms with Gasteiger partial charge in [0, 0.05) is 6.42 Å². The van der Waals surface area contributed by atoms with Crippen molar-refractivity contribution in [2.75, 3.05) is 13.2 Å². The molecule has 0 bridgehead atoms. The number of ketones is 1. The fourth-order valence-electron chi connectivity index (χ4n) is 0.739. The van der Waals surface area contributed by atoms with Crippen molar-refractivity contribution in [3.8, 4) is 0 Å². The lowest BCUT2D eigenvalue weighted by Gasteiger charge is -2.13. The molecule has 0 rings (SSSR count). The number of nitrogens with two attached hydrogens (primary N) is 1. The van der Waals surface area contributed by atoms with Gasteiger partial charge in [-0.05, 0) is 13.0 Å². The minimum Gasteiger partial charge on any atom is -0.394 e. The maximum Gasteiger partial charge on any atom is 0.164 e. The number of hydrogen-bond donors (Lipinski definition) is 4. The van der Waals surface area contributed by atoms with Gasteiger partial charge in [0.2, 0.25) is 0 Å². The van der Waals surface area contributed by atoms with Gasteiger partial charge >= 0.3 is 0 Å². The molecule has 0 aliphatic rings. The summed E-state index contributed by atoms with van der Waals surface area (Å²) in [5.41, 5.74) is 5.14. The molecular weight excluding hydrogens is 162 g/mol. The standard InChI is InChI=1S/C7H15NO4/c8-3-1-2-5(10)7(12)6(11)4-9/h6-7,9,11-12H,1-4,8H2. The van der Waals surface area contributed by atoms with Crippen molar-refractivity contribution < 1.29 is 20.1 Å².